The highest BCUT2D eigenvalue weighted by Gasteiger charge is 2.46. The molecule has 0 amide bonds. The first-order chi connectivity index (χ1) is 16.6. The van der Waals surface area contributed by atoms with E-state index in [1.807, 2.05) is 60.7 Å². The van der Waals surface area contributed by atoms with Crippen LogP contribution in [0.2, 0.25) is 0 Å². The van der Waals surface area contributed by atoms with Crippen molar-refractivity contribution in [2.24, 2.45) is 0 Å². The van der Waals surface area contributed by atoms with Gasteiger partial charge in [0.25, 0.3) is 0 Å². The minimum atomic E-state index is -0.384. The third-order valence-corrected chi connectivity index (χ3v) is 7.05. The van der Waals surface area contributed by atoms with Gasteiger partial charge in [0.1, 0.15) is 23.6 Å². The molecule has 0 aromatic heterocycles. The van der Waals surface area contributed by atoms with Crippen molar-refractivity contribution >= 4 is 29.1 Å². The van der Waals surface area contributed by atoms with Gasteiger partial charge < -0.3 is 9.55 Å². The summed E-state index contributed by atoms with van der Waals surface area (Å²) >= 11 is 0. The zero-order valence-electron chi connectivity index (χ0n) is 18.9. The molecule has 0 bridgehead atoms. The van der Waals surface area contributed by atoms with Gasteiger partial charge in [0, 0.05) is 5.41 Å². The molecule has 0 aliphatic carbocycles. The third kappa shape index (κ3) is 2.65. The Balaban J connectivity index is 1.77. The number of hydrogen-bond acceptors (Lipinski definition) is 4. The summed E-state index contributed by atoms with van der Waals surface area (Å²) in [6, 6.07) is 32.7. The van der Waals surface area contributed by atoms with E-state index in [2.05, 4.69) is 55.1 Å². The van der Waals surface area contributed by atoms with Crippen molar-refractivity contribution in [2.45, 2.75) is 19.3 Å². The van der Waals surface area contributed by atoms with Crippen molar-refractivity contribution in [1.82, 2.24) is 0 Å². The van der Waals surface area contributed by atoms with Gasteiger partial charge in [0.15, 0.2) is 0 Å². The fourth-order valence-electron chi connectivity index (χ4n) is 5.47. The van der Waals surface area contributed by atoms with Crippen LogP contribution in [0.1, 0.15) is 36.1 Å². The molecule has 2 aliphatic heterocycles. The average molecular weight is 437 g/mol. The first-order valence-corrected chi connectivity index (χ1v) is 11.3. The first-order valence-electron chi connectivity index (χ1n) is 11.3. The number of ether oxygens (including phenoxy) is 1. The van der Waals surface area contributed by atoms with E-state index in [1.165, 1.54) is 0 Å². The van der Waals surface area contributed by atoms with Crippen molar-refractivity contribution < 1.29 is 4.74 Å². The number of para-hydroxylation sites is 4. The molecule has 0 fully saturated rings. The molecule has 6 rings (SSSR count). The SMILES string of the molecule is CC1(C)c2cccc(C#N)c2N(B2c3ccccc3Oc3ccccc32)c2c(C#N)cccc21. The minimum Gasteiger partial charge on any atom is -0.458 e. The van der Waals surface area contributed by atoms with Crippen molar-refractivity contribution in [3.05, 3.63) is 107 Å². The Morgan fingerprint density at radius 3 is 1.62 bits per heavy atom. The minimum absolute atomic E-state index is 0.265. The van der Waals surface area contributed by atoms with E-state index in [4.69, 9.17) is 4.74 Å². The third-order valence-electron chi connectivity index (χ3n) is 7.05. The lowest BCUT2D eigenvalue weighted by Crippen LogP contribution is -2.59. The van der Waals surface area contributed by atoms with Gasteiger partial charge in [-0.25, -0.2) is 0 Å². The summed E-state index contributed by atoms with van der Waals surface area (Å²) in [5.74, 6) is 1.56. The maximum Gasteiger partial charge on any atom is 0.335 e. The molecule has 0 radical (unpaired) electrons. The summed E-state index contributed by atoms with van der Waals surface area (Å²) in [7, 11) is 0. The predicted molar refractivity (Wildman–Crippen MR) is 135 cm³/mol. The van der Waals surface area contributed by atoms with Crippen molar-refractivity contribution in [3.63, 3.8) is 0 Å². The van der Waals surface area contributed by atoms with Gasteiger partial charge in [-0.15, -0.1) is 0 Å². The number of hydrogen-bond donors (Lipinski definition) is 0. The van der Waals surface area contributed by atoms with E-state index in [0.29, 0.717) is 11.1 Å². The van der Waals surface area contributed by atoms with Crippen molar-refractivity contribution in [3.8, 4) is 23.6 Å². The maximum atomic E-state index is 10.2. The highest BCUT2D eigenvalue weighted by molar-refractivity contribution is 6.90. The van der Waals surface area contributed by atoms with Crippen molar-refractivity contribution in [1.29, 1.82) is 10.5 Å². The molecule has 34 heavy (non-hydrogen) atoms. The molecule has 0 saturated heterocycles. The second-order valence-electron chi connectivity index (χ2n) is 9.20. The summed E-state index contributed by atoms with van der Waals surface area (Å²) in [6.45, 7) is 4.06. The van der Waals surface area contributed by atoms with Gasteiger partial charge in [-0.2, -0.15) is 10.5 Å². The Morgan fingerprint density at radius 1 is 0.676 bits per heavy atom. The van der Waals surface area contributed by atoms with Crippen LogP contribution in [0, 0.1) is 22.7 Å². The van der Waals surface area contributed by atoms with Crippen LogP contribution in [0.5, 0.6) is 11.5 Å². The van der Waals surface area contributed by atoms with Crippen LogP contribution < -0.4 is 20.5 Å². The van der Waals surface area contributed by atoms with Crippen LogP contribution in [-0.2, 0) is 5.41 Å². The smallest absolute Gasteiger partial charge is 0.335 e. The highest BCUT2D eigenvalue weighted by Crippen LogP contribution is 2.52. The van der Waals surface area contributed by atoms with E-state index >= 15 is 0 Å². The first kappa shape index (κ1) is 20.2. The van der Waals surface area contributed by atoms with Crippen LogP contribution >= 0.6 is 0 Å². The number of nitriles is 2. The van der Waals surface area contributed by atoms with Crippen molar-refractivity contribution in [2.75, 3.05) is 4.81 Å². The molecular weight excluding hydrogens is 417 g/mol. The van der Waals surface area contributed by atoms with Gasteiger partial charge in [0.2, 0.25) is 0 Å². The topological polar surface area (TPSA) is 60.1 Å². The molecule has 4 nitrogen and oxygen atoms in total. The fourth-order valence-corrected chi connectivity index (χ4v) is 5.47. The molecule has 0 unspecified atom stereocenters. The van der Waals surface area contributed by atoms with Gasteiger partial charge in [0.05, 0.1) is 22.5 Å². The van der Waals surface area contributed by atoms with E-state index in [9.17, 15) is 10.5 Å². The molecule has 0 saturated carbocycles. The van der Waals surface area contributed by atoms with Crippen LogP contribution in [0.25, 0.3) is 0 Å². The fraction of sp³-hybridized carbons (Fsp3) is 0.103. The molecule has 5 heteroatoms. The number of fused-ring (bicyclic) bond motifs is 4. The largest absolute Gasteiger partial charge is 0.458 e. The molecule has 4 aromatic rings. The Labute approximate surface area is 199 Å². The Hall–Kier alpha value is -4.48. The zero-order valence-corrected chi connectivity index (χ0v) is 18.9. The van der Waals surface area contributed by atoms with E-state index in [0.717, 1.165) is 44.9 Å². The zero-order chi connectivity index (χ0) is 23.4. The Morgan fingerprint density at radius 2 is 1.15 bits per heavy atom. The normalized spacial score (nSPS) is 14.5. The number of anilines is 2. The van der Waals surface area contributed by atoms with E-state index in [-0.39, 0.29) is 12.3 Å². The standard InChI is InChI=1S/C29H20BN3O/c1-29(2)21-11-7-9-19(17-31)27(21)33(28-20(18-32)10-8-12-22(28)29)30-23-13-3-5-15-25(23)34-26-16-6-4-14-24(26)30/h3-16H,1-2H3. The summed E-state index contributed by atoms with van der Waals surface area (Å²) in [4.78, 5) is 2.20. The molecule has 2 aliphatic rings. The average Bonchev–Trinajstić information content (AvgIpc) is 2.87. The number of benzene rings is 4. The highest BCUT2D eigenvalue weighted by atomic mass is 16.5. The van der Waals surface area contributed by atoms with E-state index in [1.54, 1.807) is 0 Å². The summed E-state index contributed by atoms with van der Waals surface area (Å²) in [6.07, 6.45) is 0. The quantitative estimate of drug-likeness (QED) is 0.388. The van der Waals surface area contributed by atoms with Gasteiger partial charge in [-0.3, -0.25) is 0 Å². The lowest BCUT2D eigenvalue weighted by Gasteiger charge is -2.46. The van der Waals surface area contributed by atoms with Gasteiger partial charge >= 0.3 is 6.85 Å². The molecule has 2 heterocycles. The Bertz CT molecular complexity index is 1450. The van der Waals surface area contributed by atoms with Crippen LogP contribution in [-0.4, -0.2) is 6.85 Å². The number of nitrogens with zero attached hydrogens (tertiary/aromatic N) is 3. The predicted octanol–water partition coefficient (Wildman–Crippen LogP) is 5.12. The van der Waals surface area contributed by atoms with Gasteiger partial charge in [-0.1, -0.05) is 74.5 Å². The summed E-state index contributed by atoms with van der Waals surface area (Å²) < 4.78 is 6.27. The molecule has 0 atom stereocenters. The van der Waals surface area contributed by atoms with Gasteiger partial charge in [-0.05, 0) is 46.3 Å². The lowest BCUT2D eigenvalue weighted by atomic mass is 9.46. The summed E-state index contributed by atoms with van der Waals surface area (Å²) in [5, 5.41) is 20.4. The maximum absolute atomic E-state index is 10.2. The molecule has 0 N–H and O–H groups in total. The summed E-state index contributed by atoms with van der Waals surface area (Å²) in [5.41, 5.74) is 6.62. The lowest BCUT2D eigenvalue weighted by molar-refractivity contribution is 0.487. The van der Waals surface area contributed by atoms with Crippen LogP contribution in [0.15, 0.2) is 84.9 Å². The molecule has 0 spiro atoms. The second-order valence-corrected chi connectivity index (χ2v) is 9.20. The van der Waals surface area contributed by atoms with Crippen LogP contribution in [0.4, 0.5) is 11.4 Å². The van der Waals surface area contributed by atoms with E-state index < -0.39 is 0 Å². The Kier molecular flexibility index (Phi) is 4.31. The van der Waals surface area contributed by atoms with Crippen LogP contribution in [0.3, 0.4) is 0 Å². The molecule has 160 valence electrons. The second kappa shape index (κ2) is 7.27. The number of rotatable bonds is 1. The molecule has 4 aromatic carbocycles. The molecular formula is C29H20BN3O. The monoisotopic (exact) mass is 437 g/mol.